The third-order valence-electron chi connectivity index (χ3n) is 5.74. The third kappa shape index (κ3) is 4.95. The van der Waals surface area contributed by atoms with Crippen LogP contribution in [0, 0.1) is 0 Å². The van der Waals surface area contributed by atoms with Gasteiger partial charge in [-0.3, -0.25) is 4.79 Å². The first-order chi connectivity index (χ1) is 14.9. The molecule has 0 aliphatic carbocycles. The van der Waals surface area contributed by atoms with Gasteiger partial charge in [-0.2, -0.15) is 4.31 Å². The maximum atomic E-state index is 12.8. The van der Waals surface area contributed by atoms with E-state index in [2.05, 4.69) is 10.2 Å². The van der Waals surface area contributed by atoms with Crippen LogP contribution in [0.15, 0.2) is 71.6 Å². The number of fused-ring (bicyclic) bond motifs is 1. The minimum Gasteiger partial charge on any atom is -0.352 e. The second kappa shape index (κ2) is 9.18. The number of benzene rings is 3. The van der Waals surface area contributed by atoms with Crippen LogP contribution in [0.3, 0.4) is 0 Å². The van der Waals surface area contributed by atoms with Gasteiger partial charge in [0.1, 0.15) is 0 Å². The highest BCUT2D eigenvalue weighted by molar-refractivity contribution is 7.89. The van der Waals surface area contributed by atoms with E-state index in [0.717, 1.165) is 35.0 Å². The van der Waals surface area contributed by atoms with Crippen LogP contribution in [-0.2, 0) is 27.8 Å². The summed E-state index contributed by atoms with van der Waals surface area (Å²) in [7, 11) is -1.48. The Morgan fingerprint density at radius 2 is 1.58 bits per heavy atom. The molecule has 0 saturated carbocycles. The largest absolute Gasteiger partial charge is 0.352 e. The van der Waals surface area contributed by atoms with E-state index in [0.29, 0.717) is 31.0 Å². The topological polar surface area (TPSA) is 69.7 Å². The van der Waals surface area contributed by atoms with Crippen molar-refractivity contribution in [1.82, 2.24) is 14.5 Å². The number of hydrogen-bond donors (Lipinski definition) is 1. The van der Waals surface area contributed by atoms with Crippen molar-refractivity contribution in [2.45, 2.75) is 17.9 Å². The molecule has 1 amide bonds. The van der Waals surface area contributed by atoms with Crippen molar-refractivity contribution in [1.29, 1.82) is 0 Å². The number of hydrogen-bond acceptors (Lipinski definition) is 4. The van der Waals surface area contributed by atoms with Gasteiger partial charge in [0.25, 0.3) is 0 Å². The number of likely N-dealkylation sites (N-methyl/N-ethyl adjacent to an activating group) is 1. The zero-order valence-corrected chi connectivity index (χ0v) is 18.4. The molecular formula is C24H27N3O3S. The van der Waals surface area contributed by atoms with Gasteiger partial charge in [-0.1, -0.05) is 54.6 Å². The van der Waals surface area contributed by atoms with Crippen LogP contribution in [-0.4, -0.2) is 56.8 Å². The zero-order valence-electron chi connectivity index (χ0n) is 17.6. The summed E-state index contributed by atoms with van der Waals surface area (Å²) in [5.74, 6) is -0.0644. The van der Waals surface area contributed by atoms with Crippen LogP contribution >= 0.6 is 0 Å². The van der Waals surface area contributed by atoms with E-state index in [1.807, 2.05) is 49.5 Å². The SMILES string of the molecule is CN1CCN(S(=O)(=O)c2ccc(CNC(=O)Cc3cccc4ccccc34)cc2)CC1. The monoisotopic (exact) mass is 437 g/mol. The van der Waals surface area contributed by atoms with E-state index in [4.69, 9.17) is 0 Å². The lowest BCUT2D eigenvalue weighted by molar-refractivity contribution is -0.120. The van der Waals surface area contributed by atoms with E-state index >= 15 is 0 Å². The molecule has 0 spiro atoms. The lowest BCUT2D eigenvalue weighted by Crippen LogP contribution is -2.47. The molecule has 0 bridgehead atoms. The van der Waals surface area contributed by atoms with Crippen molar-refractivity contribution in [2.24, 2.45) is 0 Å². The van der Waals surface area contributed by atoms with Gasteiger partial charge in [0.2, 0.25) is 15.9 Å². The van der Waals surface area contributed by atoms with Crippen LogP contribution in [0.1, 0.15) is 11.1 Å². The van der Waals surface area contributed by atoms with Crippen molar-refractivity contribution >= 4 is 26.7 Å². The average molecular weight is 438 g/mol. The molecule has 162 valence electrons. The van der Waals surface area contributed by atoms with Crippen molar-refractivity contribution in [3.8, 4) is 0 Å². The van der Waals surface area contributed by atoms with Gasteiger partial charge < -0.3 is 10.2 Å². The average Bonchev–Trinajstić information content (AvgIpc) is 2.78. The fraction of sp³-hybridized carbons (Fsp3) is 0.292. The van der Waals surface area contributed by atoms with E-state index in [-0.39, 0.29) is 5.91 Å². The molecule has 31 heavy (non-hydrogen) atoms. The Morgan fingerprint density at radius 1 is 0.903 bits per heavy atom. The summed E-state index contributed by atoms with van der Waals surface area (Å²) in [6, 6.07) is 20.8. The van der Waals surface area contributed by atoms with Gasteiger partial charge in [0, 0.05) is 32.7 Å². The van der Waals surface area contributed by atoms with E-state index in [9.17, 15) is 13.2 Å². The molecular weight excluding hydrogens is 410 g/mol. The molecule has 1 heterocycles. The van der Waals surface area contributed by atoms with E-state index < -0.39 is 10.0 Å². The molecule has 0 unspecified atom stereocenters. The van der Waals surface area contributed by atoms with Gasteiger partial charge in [-0.15, -0.1) is 0 Å². The van der Waals surface area contributed by atoms with E-state index in [1.165, 1.54) is 4.31 Å². The minimum atomic E-state index is -3.48. The summed E-state index contributed by atoms with van der Waals surface area (Å²) >= 11 is 0. The lowest BCUT2D eigenvalue weighted by atomic mass is 10.0. The molecule has 0 aromatic heterocycles. The molecule has 1 fully saturated rings. The Hall–Kier alpha value is -2.74. The highest BCUT2D eigenvalue weighted by atomic mass is 32.2. The maximum Gasteiger partial charge on any atom is 0.243 e. The van der Waals surface area contributed by atoms with Gasteiger partial charge in [0.15, 0.2) is 0 Å². The number of rotatable bonds is 6. The number of amides is 1. The number of carbonyl (C=O) groups is 1. The van der Waals surface area contributed by atoms with Crippen LogP contribution < -0.4 is 5.32 Å². The Bertz CT molecular complexity index is 1160. The summed E-state index contributed by atoms with van der Waals surface area (Å²) in [6.45, 7) is 2.84. The first kappa shape index (κ1) is 21.5. The number of carbonyl (C=O) groups excluding carboxylic acids is 1. The van der Waals surface area contributed by atoms with E-state index in [1.54, 1.807) is 24.3 Å². The highest BCUT2D eigenvalue weighted by Gasteiger charge is 2.27. The predicted octanol–water partition coefficient (Wildman–Crippen LogP) is 2.63. The maximum absolute atomic E-state index is 12.8. The van der Waals surface area contributed by atoms with Crippen molar-refractivity contribution in [3.63, 3.8) is 0 Å². The zero-order chi connectivity index (χ0) is 21.8. The number of piperazine rings is 1. The molecule has 7 heteroatoms. The fourth-order valence-electron chi connectivity index (χ4n) is 3.84. The van der Waals surface area contributed by atoms with Gasteiger partial charge in [-0.25, -0.2) is 8.42 Å². The Labute approximate surface area is 183 Å². The first-order valence-corrected chi connectivity index (χ1v) is 11.9. The smallest absolute Gasteiger partial charge is 0.243 e. The Morgan fingerprint density at radius 3 is 2.32 bits per heavy atom. The Balaban J connectivity index is 1.36. The summed E-state index contributed by atoms with van der Waals surface area (Å²) < 4.78 is 27.2. The standard InChI is InChI=1S/C24H27N3O3S/c1-26-13-15-27(16-14-26)31(29,30)22-11-9-19(10-12-22)18-25-24(28)17-21-7-4-6-20-5-2-3-8-23(20)21/h2-12H,13-18H2,1H3,(H,25,28). The molecule has 1 N–H and O–H groups in total. The first-order valence-electron chi connectivity index (χ1n) is 10.4. The number of nitrogens with zero attached hydrogens (tertiary/aromatic N) is 2. The Kier molecular flexibility index (Phi) is 6.36. The van der Waals surface area contributed by atoms with Crippen LogP contribution in [0.5, 0.6) is 0 Å². The second-order valence-electron chi connectivity index (χ2n) is 7.94. The van der Waals surface area contributed by atoms with Crippen molar-refractivity contribution < 1.29 is 13.2 Å². The third-order valence-corrected chi connectivity index (χ3v) is 7.66. The van der Waals surface area contributed by atoms with Gasteiger partial charge in [-0.05, 0) is 41.1 Å². The molecule has 1 saturated heterocycles. The minimum absolute atomic E-state index is 0.0644. The summed E-state index contributed by atoms with van der Waals surface area (Å²) in [6.07, 6.45) is 0.303. The molecule has 1 aliphatic heterocycles. The molecule has 0 radical (unpaired) electrons. The van der Waals surface area contributed by atoms with Crippen LogP contribution in [0.25, 0.3) is 10.8 Å². The fourth-order valence-corrected chi connectivity index (χ4v) is 5.26. The summed E-state index contributed by atoms with van der Waals surface area (Å²) in [5, 5.41) is 5.13. The molecule has 1 aliphatic rings. The summed E-state index contributed by atoms with van der Waals surface area (Å²) in [5.41, 5.74) is 1.85. The van der Waals surface area contributed by atoms with Crippen LogP contribution in [0.4, 0.5) is 0 Å². The summed E-state index contributed by atoms with van der Waals surface area (Å²) in [4.78, 5) is 14.9. The quantitative estimate of drug-likeness (QED) is 0.644. The second-order valence-corrected chi connectivity index (χ2v) is 9.88. The van der Waals surface area contributed by atoms with Crippen molar-refractivity contribution in [3.05, 3.63) is 77.9 Å². The lowest BCUT2D eigenvalue weighted by Gasteiger charge is -2.31. The van der Waals surface area contributed by atoms with Gasteiger partial charge in [0.05, 0.1) is 11.3 Å². The van der Waals surface area contributed by atoms with Gasteiger partial charge >= 0.3 is 0 Å². The molecule has 6 nitrogen and oxygen atoms in total. The number of nitrogens with one attached hydrogen (secondary N) is 1. The number of sulfonamides is 1. The normalized spacial score (nSPS) is 15.8. The van der Waals surface area contributed by atoms with Crippen molar-refractivity contribution in [2.75, 3.05) is 33.2 Å². The highest BCUT2D eigenvalue weighted by Crippen LogP contribution is 2.20. The predicted molar refractivity (Wildman–Crippen MR) is 122 cm³/mol. The molecule has 4 rings (SSSR count). The molecule has 0 atom stereocenters. The van der Waals surface area contributed by atoms with Crippen LogP contribution in [0.2, 0.25) is 0 Å². The molecule has 3 aromatic rings. The molecule has 3 aromatic carbocycles.